The molecule has 17 heavy (non-hydrogen) atoms. The van der Waals surface area contributed by atoms with Gasteiger partial charge in [-0.3, -0.25) is 4.68 Å². The fraction of sp³-hybridized carbons (Fsp3) is 0.727. The average Bonchev–Trinajstić information content (AvgIpc) is 2.51. The Morgan fingerprint density at radius 3 is 2.76 bits per heavy atom. The van der Waals surface area contributed by atoms with Gasteiger partial charge in [-0.25, -0.2) is 0 Å². The summed E-state index contributed by atoms with van der Waals surface area (Å²) in [4.78, 5) is 0. The van der Waals surface area contributed by atoms with Crippen LogP contribution >= 0.6 is 15.9 Å². The van der Waals surface area contributed by atoms with E-state index in [4.69, 9.17) is 9.84 Å². The lowest BCUT2D eigenvalue weighted by Gasteiger charge is -2.17. The molecule has 0 aliphatic heterocycles. The van der Waals surface area contributed by atoms with Crippen molar-refractivity contribution in [3.8, 4) is 0 Å². The molecule has 1 rings (SSSR count). The monoisotopic (exact) mass is 305 g/mol. The van der Waals surface area contributed by atoms with Crippen LogP contribution < -0.4 is 5.32 Å². The largest absolute Gasteiger partial charge is 0.396 e. The second-order valence-electron chi connectivity index (χ2n) is 4.02. The molecule has 1 atom stereocenters. The van der Waals surface area contributed by atoms with Crippen LogP contribution in [0.1, 0.15) is 17.8 Å². The molecular formula is C11H20BrN3O2. The van der Waals surface area contributed by atoms with Gasteiger partial charge in [0.05, 0.1) is 22.5 Å². The van der Waals surface area contributed by atoms with E-state index in [0.717, 1.165) is 15.9 Å². The van der Waals surface area contributed by atoms with Gasteiger partial charge in [-0.1, -0.05) is 0 Å². The molecule has 0 aromatic carbocycles. The highest BCUT2D eigenvalue weighted by Gasteiger charge is 2.13. The van der Waals surface area contributed by atoms with Crippen molar-refractivity contribution >= 4 is 15.9 Å². The van der Waals surface area contributed by atoms with E-state index in [2.05, 4.69) is 26.3 Å². The maximum atomic E-state index is 8.95. The minimum Gasteiger partial charge on any atom is -0.396 e. The number of nitrogens with zero attached hydrogens (tertiary/aromatic N) is 2. The van der Waals surface area contributed by atoms with Crippen LogP contribution in [0.25, 0.3) is 0 Å². The molecule has 5 nitrogen and oxygen atoms in total. The lowest BCUT2D eigenvalue weighted by atomic mass is 10.2. The summed E-state index contributed by atoms with van der Waals surface area (Å²) < 4.78 is 7.99. The van der Waals surface area contributed by atoms with Gasteiger partial charge in [0.25, 0.3) is 0 Å². The van der Waals surface area contributed by atoms with Crippen molar-refractivity contribution in [1.29, 1.82) is 0 Å². The van der Waals surface area contributed by atoms with Crippen molar-refractivity contribution in [2.45, 2.75) is 25.9 Å². The van der Waals surface area contributed by atoms with Crippen LogP contribution in [0.3, 0.4) is 0 Å². The number of aliphatic hydroxyl groups excluding tert-OH is 1. The molecule has 2 N–H and O–H groups in total. The molecule has 98 valence electrons. The molecule has 0 aliphatic carbocycles. The summed E-state index contributed by atoms with van der Waals surface area (Å²) in [7, 11) is 3.59. The predicted octanol–water partition coefficient (Wildman–Crippen LogP) is 0.978. The third-order valence-corrected chi connectivity index (χ3v) is 3.70. The second-order valence-corrected chi connectivity index (χ2v) is 4.81. The van der Waals surface area contributed by atoms with Crippen molar-refractivity contribution in [2.75, 3.05) is 20.3 Å². The Kier molecular flexibility index (Phi) is 6.11. The second kappa shape index (κ2) is 7.10. The zero-order chi connectivity index (χ0) is 12.8. The van der Waals surface area contributed by atoms with Gasteiger partial charge in [0, 0.05) is 33.4 Å². The normalized spacial score (nSPS) is 13.0. The smallest absolute Gasteiger partial charge is 0.0739 e. The third kappa shape index (κ3) is 4.06. The first-order valence-electron chi connectivity index (χ1n) is 5.61. The molecule has 1 unspecified atom stereocenters. The third-order valence-electron chi connectivity index (χ3n) is 2.67. The van der Waals surface area contributed by atoms with Crippen LogP contribution in [0.4, 0.5) is 0 Å². The standard InChI is InChI=1S/C11H20BrN3O2/c1-8-11(12)10(15(2)14-8)6-13-9(4-5-16)7-17-3/h9,13,16H,4-7H2,1-3H3. The number of aliphatic hydroxyl groups is 1. The van der Waals surface area contributed by atoms with Crippen LogP contribution in [0.5, 0.6) is 0 Å². The number of aromatic nitrogens is 2. The SMILES string of the molecule is COCC(CCO)NCc1c(Br)c(C)nn1C. The number of methoxy groups -OCH3 is 1. The van der Waals surface area contributed by atoms with Crippen molar-refractivity contribution < 1.29 is 9.84 Å². The van der Waals surface area contributed by atoms with Crippen molar-refractivity contribution in [1.82, 2.24) is 15.1 Å². The number of halogens is 1. The zero-order valence-electron chi connectivity index (χ0n) is 10.5. The first-order valence-corrected chi connectivity index (χ1v) is 6.40. The number of ether oxygens (including phenoxy) is 1. The Balaban J connectivity index is 2.58. The number of nitrogens with one attached hydrogen (secondary N) is 1. The summed E-state index contributed by atoms with van der Waals surface area (Å²) in [6, 6.07) is 0.159. The van der Waals surface area contributed by atoms with E-state index in [9.17, 15) is 0 Å². The van der Waals surface area contributed by atoms with Crippen molar-refractivity contribution in [3.63, 3.8) is 0 Å². The Morgan fingerprint density at radius 1 is 1.59 bits per heavy atom. The lowest BCUT2D eigenvalue weighted by Crippen LogP contribution is -2.34. The molecule has 0 saturated carbocycles. The molecular weight excluding hydrogens is 286 g/mol. The number of hydrogen-bond donors (Lipinski definition) is 2. The first-order chi connectivity index (χ1) is 8.10. The van der Waals surface area contributed by atoms with Crippen LogP contribution in [0.2, 0.25) is 0 Å². The summed E-state index contributed by atoms with van der Waals surface area (Å²) in [5, 5.41) is 16.6. The highest BCUT2D eigenvalue weighted by Crippen LogP contribution is 2.19. The quantitative estimate of drug-likeness (QED) is 0.788. The Hall–Kier alpha value is -0.430. The Bertz CT molecular complexity index is 349. The fourth-order valence-corrected chi connectivity index (χ4v) is 2.19. The van der Waals surface area contributed by atoms with Gasteiger partial charge in [-0.15, -0.1) is 0 Å². The average molecular weight is 306 g/mol. The topological polar surface area (TPSA) is 59.3 Å². The van der Waals surface area contributed by atoms with E-state index in [1.54, 1.807) is 7.11 Å². The van der Waals surface area contributed by atoms with Gasteiger partial charge in [0.15, 0.2) is 0 Å². The van der Waals surface area contributed by atoms with Gasteiger partial charge in [0.2, 0.25) is 0 Å². The van der Waals surface area contributed by atoms with Crippen LogP contribution in [-0.4, -0.2) is 41.3 Å². The summed E-state index contributed by atoms with van der Waals surface area (Å²) in [6.07, 6.45) is 0.683. The molecule has 0 aliphatic rings. The summed E-state index contributed by atoms with van der Waals surface area (Å²) >= 11 is 3.53. The molecule has 1 heterocycles. The molecule has 0 fully saturated rings. The molecule has 1 aromatic rings. The summed E-state index contributed by atoms with van der Waals surface area (Å²) in [5.74, 6) is 0. The maximum Gasteiger partial charge on any atom is 0.0739 e. The number of hydrogen-bond acceptors (Lipinski definition) is 4. The summed E-state index contributed by atoms with van der Waals surface area (Å²) in [5.41, 5.74) is 2.08. The van der Waals surface area contributed by atoms with Crippen molar-refractivity contribution in [2.24, 2.45) is 7.05 Å². The Labute approximate surface area is 110 Å². The maximum absolute atomic E-state index is 8.95. The number of rotatable bonds is 7. The minimum atomic E-state index is 0.159. The van der Waals surface area contributed by atoms with Crippen molar-refractivity contribution in [3.05, 3.63) is 15.9 Å². The Morgan fingerprint density at radius 2 is 2.29 bits per heavy atom. The molecule has 0 amide bonds. The molecule has 1 aromatic heterocycles. The molecule has 0 bridgehead atoms. The summed E-state index contributed by atoms with van der Waals surface area (Å²) in [6.45, 7) is 3.42. The van der Waals surface area contributed by atoms with Gasteiger partial charge < -0.3 is 15.2 Å². The van der Waals surface area contributed by atoms with E-state index < -0.39 is 0 Å². The van der Waals surface area contributed by atoms with E-state index >= 15 is 0 Å². The van der Waals surface area contributed by atoms with Gasteiger partial charge in [-0.2, -0.15) is 5.10 Å². The van der Waals surface area contributed by atoms with E-state index in [1.807, 2.05) is 18.7 Å². The first kappa shape index (κ1) is 14.6. The highest BCUT2D eigenvalue weighted by atomic mass is 79.9. The van der Waals surface area contributed by atoms with Crippen LogP contribution in [-0.2, 0) is 18.3 Å². The van der Waals surface area contributed by atoms with E-state index in [0.29, 0.717) is 19.6 Å². The molecule has 6 heteroatoms. The fourth-order valence-electron chi connectivity index (χ4n) is 1.71. The van der Waals surface area contributed by atoms with Crippen LogP contribution in [0.15, 0.2) is 4.47 Å². The minimum absolute atomic E-state index is 0.159. The predicted molar refractivity (Wildman–Crippen MR) is 69.9 cm³/mol. The number of aryl methyl sites for hydroxylation is 2. The van der Waals surface area contributed by atoms with Gasteiger partial charge in [0.1, 0.15) is 0 Å². The molecule has 0 radical (unpaired) electrons. The lowest BCUT2D eigenvalue weighted by molar-refractivity contribution is 0.147. The van der Waals surface area contributed by atoms with Crippen LogP contribution in [0, 0.1) is 6.92 Å². The highest BCUT2D eigenvalue weighted by molar-refractivity contribution is 9.10. The molecule has 0 spiro atoms. The van der Waals surface area contributed by atoms with Gasteiger partial charge >= 0.3 is 0 Å². The zero-order valence-corrected chi connectivity index (χ0v) is 12.1. The van der Waals surface area contributed by atoms with E-state index in [1.165, 1.54) is 0 Å². The van der Waals surface area contributed by atoms with Gasteiger partial charge in [-0.05, 0) is 29.3 Å². The van der Waals surface area contributed by atoms with E-state index in [-0.39, 0.29) is 12.6 Å². The molecule has 0 saturated heterocycles.